The second-order valence-electron chi connectivity index (χ2n) is 5.72. The molecule has 1 fully saturated rings. The maximum absolute atomic E-state index is 5.41. The summed E-state index contributed by atoms with van der Waals surface area (Å²) in [7, 11) is 4.92. The van der Waals surface area contributed by atoms with Crippen LogP contribution in [0.1, 0.15) is 44.2 Å². The Kier molecular flexibility index (Phi) is 5.74. The van der Waals surface area contributed by atoms with Crippen molar-refractivity contribution < 1.29 is 14.2 Å². The van der Waals surface area contributed by atoms with Crippen LogP contribution in [-0.2, 0) is 0 Å². The number of nitrogens with one attached hydrogen (secondary N) is 1. The van der Waals surface area contributed by atoms with E-state index < -0.39 is 0 Å². The molecule has 118 valence electrons. The smallest absolute Gasteiger partial charge is 0.203 e. The Bertz CT molecular complexity index is 432. The van der Waals surface area contributed by atoms with Crippen molar-refractivity contribution in [1.82, 2.24) is 5.32 Å². The predicted octanol–water partition coefficient (Wildman–Crippen LogP) is 3.55. The first-order valence-corrected chi connectivity index (χ1v) is 7.72. The molecule has 1 aromatic carbocycles. The summed E-state index contributed by atoms with van der Waals surface area (Å²) in [6.45, 7) is 3.23. The zero-order chi connectivity index (χ0) is 15.2. The van der Waals surface area contributed by atoms with Gasteiger partial charge in [0.25, 0.3) is 0 Å². The second kappa shape index (κ2) is 7.55. The van der Waals surface area contributed by atoms with Gasteiger partial charge in [0.15, 0.2) is 11.5 Å². The molecule has 1 aliphatic rings. The number of hydrogen-bond donors (Lipinski definition) is 1. The van der Waals surface area contributed by atoms with Gasteiger partial charge in [0, 0.05) is 6.04 Å². The molecular weight excluding hydrogens is 266 g/mol. The fraction of sp³-hybridized carbons (Fsp3) is 0.647. The molecule has 1 aliphatic carbocycles. The average Bonchev–Trinajstić information content (AvgIpc) is 2.47. The van der Waals surface area contributed by atoms with E-state index in [1.807, 2.05) is 12.1 Å². The van der Waals surface area contributed by atoms with E-state index in [4.69, 9.17) is 14.2 Å². The van der Waals surface area contributed by atoms with Crippen LogP contribution in [0.3, 0.4) is 0 Å². The summed E-state index contributed by atoms with van der Waals surface area (Å²) in [5, 5.41) is 3.59. The average molecular weight is 293 g/mol. The highest BCUT2D eigenvalue weighted by molar-refractivity contribution is 5.54. The van der Waals surface area contributed by atoms with Crippen LogP contribution >= 0.6 is 0 Å². The van der Waals surface area contributed by atoms with E-state index in [0.29, 0.717) is 17.2 Å². The van der Waals surface area contributed by atoms with E-state index >= 15 is 0 Å². The molecule has 0 spiro atoms. The highest BCUT2D eigenvalue weighted by Gasteiger charge is 2.18. The molecule has 0 bridgehead atoms. The molecule has 0 saturated heterocycles. The van der Waals surface area contributed by atoms with Crippen molar-refractivity contribution in [3.8, 4) is 17.2 Å². The van der Waals surface area contributed by atoms with Crippen molar-refractivity contribution in [2.75, 3.05) is 27.9 Å². The highest BCUT2D eigenvalue weighted by Crippen LogP contribution is 2.39. The molecule has 0 aromatic heterocycles. The van der Waals surface area contributed by atoms with Crippen LogP contribution in [0, 0.1) is 5.92 Å². The number of hydrogen-bond acceptors (Lipinski definition) is 4. The fourth-order valence-corrected chi connectivity index (χ4v) is 2.75. The lowest BCUT2D eigenvalue weighted by Crippen LogP contribution is -2.24. The monoisotopic (exact) mass is 293 g/mol. The van der Waals surface area contributed by atoms with Crippen LogP contribution in [0.4, 0.5) is 0 Å². The first-order valence-electron chi connectivity index (χ1n) is 7.72. The highest BCUT2D eigenvalue weighted by atomic mass is 16.5. The first-order chi connectivity index (χ1) is 10.2. The van der Waals surface area contributed by atoms with Gasteiger partial charge in [0.05, 0.1) is 21.3 Å². The quantitative estimate of drug-likeness (QED) is 0.795. The molecule has 1 N–H and O–H groups in total. The molecule has 4 heteroatoms. The molecule has 21 heavy (non-hydrogen) atoms. The van der Waals surface area contributed by atoms with Crippen molar-refractivity contribution in [3.05, 3.63) is 17.7 Å². The van der Waals surface area contributed by atoms with Crippen molar-refractivity contribution in [2.24, 2.45) is 5.92 Å². The van der Waals surface area contributed by atoms with Crippen LogP contribution in [0.5, 0.6) is 17.2 Å². The molecule has 2 rings (SSSR count). The maximum Gasteiger partial charge on any atom is 0.203 e. The minimum absolute atomic E-state index is 0.263. The van der Waals surface area contributed by atoms with Crippen LogP contribution in [0.15, 0.2) is 12.1 Å². The van der Waals surface area contributed by atoms with Gasteiger partial charge in [-0.1, -0.05) is 19.3 Å². The van der Waals surface area contributed by atoms with Crippen LogP contribution in [-0.4, -0.2) is 27.9 Å². The molecule has 4 nitrogen and oxygen atoms in total. The first kappa shape index (κ1) is 16.0. The third-order valence-electron chi connectivity index (χ3n) is 4.41. The Labute approximate surface area is 127 Å². The van der Waals surface area contributed by atoms with Crippen LogP contribution in [0.2, 0.25) is 0 Å². The Morgan fingerprint density at radius 3 is 2.14 bits per heavy atom. The van der Waals surface area contributed by atoms with Gasteiger partial charge < -0.3 is 19.5 Å². The third kappa shape index (κ3) is 3.82. The SMILES string of the molecule is COc1cc(C(C)NCCC2CCC2)cc(OC)c1OC. The van der Waals surface area contributed by atoms with Crippen molar-refractivity contribution in [3.63, 3.8) is 0 Å². The Morgan fingerprint density at radius 2 is 1.71 bits per heavy atom. The lowest BCUT2D eigenvalue weighted by molar-refractivity contribution is 0.288. The van der Waals surface area contributed by atoms with Gasteiger partial charge >= 0.3 is 0 Å². The van der Waals surface area contributed by atoms with Gasteiger partial charge in [-0.05, 0) is 43.5 Å². The molecule has 0 heterocycles. The number of rotatable bonds is 8. The summed E-state index contributed by atoms with van der Waals surface area (Å²) in [6.07, 6.45) is 5.49. The molecule has 1 atom stereocenters. The van der Waals surface area contributed by atoms with Crippen molar-refractivity contribution in [1.29, 1.82) is 0 Å². The second-order valence-corrected chi connectivity index (χ2v) is 5.72. The van der Waals surface area contributed by atoms with E-state index in [2.05, 4.69) is 12.2 Å². The lowest BCUT2D eigenvalue weighted by Gasteiger charge is -2.26. The summed E-state index contributed by atoms with van der Waals surface area (Å²) in [6, 6.07) is 4.30. The van der Waals surface area contributed by atoms with E-state index in [0.717, 1.165) is 18.0 Å². The minimum Gasteiger partial charge on any atom is -0.493 e. The zero-order valence-electron chi connectivity index (χ0n) is 13.6. The van der Waals surface area contributed by atoms with Crippen LogP contribution < -0.4 is 19.5 Å². The van der Waals surface area contributed by atoms with Gasteiger partial charge in [-0.25, -0.2) is 0 Å². The third-order valence-corrected chi connectivity index (χ3v) is 4.41. The van der Waals surface area contributed by atoms with Crippen LogP contribution in [0.25, 0.3) is 0 Å². The number of ether oxygens (including phenoxy) is 3. The number of benzene rings is 1. The molecule has 0 amide bonds. The molecular formula is C17H27NO3. The molecule has 1 unspecified atom stereocenters. The fourth-order valence-electron chi connectivity index (χ4n) is 2.75. The molecule has 1 saturated carbocycles. The molecule has 0 radical (unpaired) electrons. The summed E-state index contributed by atoms with van der Waals surface area (Å²) in [5.41, 5.74) is 1.15. The van der Waals surface area contributed by atoms with Gasteiger partial charge in [-0.2, -0.15) is 0 Å². The van der Waals surface area contributed by atoms with E-state index in [1.165, 1.54) is 25.7 Å². The Morgan fingerprint density at radius 1 is 1.10 bits per heavy atom. The topological polar surface area (TPSA) is 39.7 Å². The number of methoxy groups -OCH3 is 3. The normalized spacial score (nSPS) is 16.2. The minimum atomic E-state index is 0.263. The standard InChI is InChI=1S/C17H27NO3/c1-12(18-9-8-13-6-5-7-13)14-10-15(19-2)17(21-4)16(11-14)20-3/h10-13,18H,5-9H2,1-4H3. The Hall–Kier alpha value is -1.42. The summed E-state index contributed by atoms with van der Waals surface area (Å²) in [4.78, 5) is 0. The lowest BCUT2D eigenvalue weighted by atomic mass is 9.83. The summed E-state index contributed by atoms with van der Waals surface area (Å²) < 4.78 is 16.2. The van der Waals surface area contributed by atoms with Crippen molar-refractivity contribution >= 4 is 0 Å². The summed E-state index contributed by atoms with van der Waals surface area (Å²) >= 11 is 0. The zero-order valence-corrected chi connectivity index (χ0v) is 13.6. The van der Waals surface area contributed by atoms with Gasteiger partial charge in [-0.3, -0.25) is 0 Å². The summed E-state index contributed by atoms with van der Waals surface area (Å²) in [5.74, 6) is 2.99. The van der Waals surface area contributed by atoms with Gasteiger partial charge in [0.1, 0.15) is 0 Å². The van der Waals surface area contributed by atoms with Gasteiger partial charge in [0.2, 0.25) is 5.75 Å². The molecule has 0 aliphatic heterocycles. The molecule has 1 aromatic rings. The van der Waals surface area contributed by atoms with Crippen molar-refractivity contribution in [2.45, 2.75) is 38.6 Å². The maximum atomic E-state index is 5.41. The predicted molar refractivity (Wildman–Crippen MR) is 84.5 cm³/mol. The largest absolute Gasteiger partial charge is 0.493 e. The van der Waals surface area contributed by atoms with Gasteiger partial charge in [-0.15, -0.1) is 0 Å². The van der Waals surface area contributed by atoms with E-state index in [9.17, 15) is 0 Å². The Balaban J connectivity index is 2.02. The van der Waals surface area contributed by atoms with E-state index in [1.54, 1.807) is 21.3 Å². The van der Waals surface area contributed by atoms with E-state index in [-0.39, 0.29) is 6.04 Å².